The van der Waals surface area contributed by atoms with Gasteiger partial charge in [-0.1, -0.05) is 39.0 Å². The Kier molecular flexibility index (Phi) is 4.81. The molecule has 1 aromatic heterocycles. The van der Waals surface area contributed by atoms with Crippen LogP contribution in [-0.4, -0.2) is 22.9 Å². The van der Waals surface area contributed by atoms with Crippen LogP contribution in [0.5, 0.6) is 0 Å². The van der Waals surface area contributed by atoms with Gasteiger partial charge in [0.25, 0.3) is 0 Å². The molecule has 1 unspecified atom stereocenters. The number of para-hydroxylation sites is 1. The fraction of sp³-hybridized carbons (Fsp3) is 0.588. The molecule has 0 aliphatic heterocycles. The maximum absolute atomic E-state index is 4.74. The van der Waals surface area contributed by atoms with Crippen molar-refractivity contribution in [2.45, 2.75) is 40.0 Å². The largest absolute Gasteiger partial charge is 0.316 e. The normalized spacial score (nSPS) is 14.6. The second-order valence-corrected chi connectivity index (χ2v) is 6.11. The molecule has 1 heterocycles. The molecule has 0 aliphatic carbocycles. The molecular weight excluding hydrogens is 246 g/mol. The Hall–Kier alpha value is -1.35. The highest BCUT2D eigenvalue weighted by Crippen LogP contribution is 2.29. The van der Waals surface area contributed by atoms with Crippen molar-refractivity contribution in [3.63, 3.8) is 0 Å². The van der Waals surface area contributed by atoms with Gasteiger partial charge in [0.2, 0.25) is 0 Å². The first kappa shape index (κ1) is 15.0. The van der Waals surface area contributed by atoms with E-state index in [2.05, 4.69) is 50.4 Å². The number of aromatic nitrogens is 2. The van der Waals surface area contributed by atoms with Crippen LogP contribution < -0.4 is 5.32 Å². The van der Waals surface area contributed by atoms with Crippen molar-refractivity contribution >= 4 is 10.9 Å². The Morgan fingerprint density at radius 1 is 1.25 bits per heavy atom. The lowest BCUT2D eigenvalue weighted by Gasteiger charge is -2.28. The number of rotatable bonds is 7. The van der Waals surface area contributed by atoms with Gasteiger partial charge in [0.1, 0.15) is 0 Å². The van der Waals surface area contributed by atoms with Gasteiger partial charge in [-0.15, -0.1) is 0 Å². The van der Waals surface area contributed by atoms with E-state index in [1.54, 1.807) is 0 Å². The molecule has 110 valence electrons. The molecule has 0 saturated heterocycles. The minimum atomic E-state index is 0.270. The molecule has 20 heavy (non-hydrogen) atoms. The van der Waals surface area contributed by atoms with Crippen molar-refractivity contribution in [3.8, 4) is 0 Å². The minimum absolute atomic E-state index is 0.270. The molecule has 0 saturated carbocycles. The van der Waals surface area contributed by atoms with Gasteiger partial charge in [0, 0.05) is 19.0 Å². The van der Waals surface area contributed by atoms with E-state index in [1.807, 2.05) is 11.7 Å². The Labute approximate surface area is 122 Å². The molecule has 0 spiro atoms. The zero-order valence-electron chi connectivity index (χ0n) is 13.2. The van der Waals surface area contributed by atoms with E-state index in [-0.39, 0.29) is 5.41 Å². The zero-order chi connectivity index (χ0) is 14.6. The third-order valence-electron chi connectivity index (χ3n) is 4.26. The van der Waals surface area contributed by atoms with Crippen LogP contribution in [0.25, 0.3) is 10.9 Å². The number of aryl methyl sites for hydroxylation is 1. The van der Waals surface area contributed by atoms with E-state index in [4.69, 9.17) is 5.10 Å². The van der Waals surface area contributed by atoms with E-state index < -0.39 is 0 Å². The molecule has 0 aliphatic rings. The summed E-state index contributed by atoms with van der Waals surface area (Å²) in [6.07, 6.45) is 3.38. The highest BCUT2D eigenvalue weighted by atomic mass is 15.3. The van der Waals surface area contributed by atoms with Crippen molar-refractivity contribution in [2.24, 2.45) is 12.5 Å². The van der Waals surface area contributed by atoms with Crippen LogP contribution in [0.2, 0.25) is 0 Å². The Morgan fingerprint density at radius 3 is 2.70 bits per heavy atom. The summed E-state index contributed by atoms with van der Waals surface area (Å²) in [7, 11) is 2.03. The van der Waals surface area contributed by atoms with Crippen LogP contribution in [0.4, 0.5) is 0 Å². The minimum Gasteiger partial charge on any atom is -0.316 e. The lowest BCUT2D eigenvalue weighted by atomic mass is 9.82. The lowest BCUT2D eigenvalue weighted by molar-refractivity contribution is 0.288. The number of benzene rings is 1. The van der Waals surface area contributed by atoms with Gasteiger partial charge in [-0.3, -0.25) is 4.68 Å². The molecule has 0 radical (unpaired) electrons. The van der Waals surface area contributed by atoms with Gasteiger partial charge in [-0.2, -0.15) is 5.10 Å². The lowest BCUT2D eigenvalue weighted by Crippen LogP contribution is -2.33. The van der Waals surface area contributed by atoms with Crippen molar-refractivity contribution in [1.29, 1.82) is 0 Å². The van der Waals surface area contributed by atoms with Crippen LogP contribution in [-0.2, 0) is 13.5 Å². The molecule has 1 atom stereocenters. The smallest absolute Gasteiger partial charge is 0.0709 e. The van der Waals surface area contributed by atoms with Crippen LogP contribution in [0.3, 0.4) is 0 Å². The molecule has 3 nitrogen and oxygen atoms in total. The highest BCUT2D eigenvalue weighted by Gasteiger charge is 2.24. The molecule has 0 bridgehead atoms. The molecule has 3 heteroatoms. The summed E-state index contributed by atoms with van der Waals surface area (Å²) in [5.74, 6) is 0. The maximum atomic E-state index is 4.74. The number of hydrogen-bond acceptors (Lipinski definition) is 2. The summed E-state index contributed by atoms with van der Waals surface area (Å²) in [5.41, 5.74) is 2.72. The number of fused-ring (bicyclic) bond motifs is 1. The molecule has 2 rings (SSSR count). The van der Waals surface area contributed by atoms with E-state index in [9.17, 15) is 0 Å². The molecular formula is C17H27N3. The SMILES string of the molecule is CCCNCC(C)(CC)Cc1nn(C)c2ccccc12. The summed E-state index contributed by atoms with van der Waals surface area (Å²) < 4.78 is 2.00. The predicted octanol–water partition coefficient (Wildman–Crippen LogP) is 3.53. The first-order chi connectivity index (χ1) is 9.59. The number of hydrogen-bond donors (Lipinski definition) is 1. The highest BCUT2D eigenvalue weighted by molar-refractivity contribution is 5.81. The zero-order valence-corrected chi connectivity index (χ0v) is 13.2. The van der Waals surface area contributed by atoms with Gasteiger partial charge in [0.05, 0.1) is 11.2 Å². The van der Waals surface area contributed by atoms with Gasteiger partial charge >= 0.3 is 0 Å². The van der Waals surface area contributed by atoms with Crippen LogP contribution in [0.15, 0.2) is 24.3 Å². The fourth-order valence-corrected chi connectivity index (χ4v) is 2.70. The Bertz CT molecular complexity index is 558. The van der Waals surface area contributed by atoms with Crippen molar-refractivity contribution in [2.75, 3.05) is 13.1 Å². The average Bonchev–Trinajstić information content (AvgIpc) is 2.76. The number of nitrogens with one attached hydrogen (secondary N) is 1. The summed E-state index contributed by atoms with van der Waals surface area (Å²) >= 11 is 0. The fourth-order valence-electron chi connectivity index (χ4n) is 2.70. The van der Waals surface area contributed by atoms with Crippen molar-refractivity contribution < 1.29 is 0 Å². The van der Waals surface area contributed by atoms with E-state index in [0.717, 1.165) is 25.9 Å². The third kappa shape index (κ3) is 3.21. The van der Waals surface area contributed by atoms with E-state index >= 15 is 0 Å². The van der Waals surface area contributed by atoms with Crippen LogP contribution in [0.1, 0.15) is 39.3 Å². The molecule has 1 aromatic carbocycles. The van der Waals surface area contributed by atoms with Gasteiger partial charge in [-0.25, -0.2) is 0 Å². The maximum Gasteiger partial charge on any atom is 0.0709 e. The van der Waals surface area contributed by atoms with E-state index in [1.165, 1.54) is 23.0 Å². The topological polar surface area (TPSA) is 29.9 Å². The van der Waals surface area contributed by atoms with E-state index in [0.29, 0.717) is 0 Å². The van der Waals surface area contributed by atoms with Crippen LogP contribution >= 0.6 is 0 Å². The molecule has 0 amide bonds. The summed E-state index contributed by atoms with van der Waals surface area (Å²) in [4.78, 5) is 0. The Morgan fingerprint density at radius 2 is 2.00 bits per heavy atom. The van der Waals surface area contributed by atoms with Crippen LogP contribution in [0, 0.1) is 5.41 Å². The molecule has 2 aromatic rings. The summed E-state index contributed by atoms with van der Waals surface area (Å²) in [6, 6.07) is 8.51. The van der Waals surface area contributed by atoms with Gasteiger partial charge in [-0.05, 0) is 37.3 Å². The first-order valence-electron chi connectivity index (χ1n) is 7.71. The quantitative estimate of drug-likeness (QED) is 0.782. The monoisotopic (exact) mass is 273 g/mol. The predicted molar refractivity (Wildman–Crippen MR) is 86.0 cm³/mol. The van der Waals surface area contributed by atoms with Crippen molar-refractivity contribution in [1.82, 2.24) is 15.1 Å². The van der Waals surface area contributed by atoms with Gasteiger partial charge < -0.3 is 5.32 Å². The summed E-state index contributed by atoms with van der Waals surface area (Å²) in [5, 5.41) is 9.60. The second kappa shape index (κ2) is 6.40. The average molecular weight is 273 g/mol. The summed E-state index contributed by atoms with van der Waals surface area (Å²) in [6.45, 7) is 9.00. The first-order valence-corrected chi connectivity index (χ1v) is 7.71. The number of nitrogens with zero attached hydrogens (tertiary/aromatic N) is 2. The van der Waals surface area contributed by atoms with Crippen molar-refractivity contribution in [3.05, 3.63) is 30.0 Å². The molecule has 1 N–H and O–H groups in total. The van der Waals surface area contributed by atoms with Gasteiger partial charge in [0.15, 0.2) is 0 Å². The molecule has 0 fully saturated rings. The third-order valence-corrected chi connectivity index (χ3v) is 4.26. The second-order valence-electron chi connectivity index (χ2n) is 6.11. The Balaban J connectivity index is 2.21. The standard InChI is InChI=1S/C17H27N3/c1-5-11-18-13-17(3,6-2)12-15-14-9-7-8-10-16(14)20(4)19-15/h7-10,18H,5-6,11-13H2,1-4H3.